The summed E-state index contributed by atoms with van der Waals surface area (Å²) in [4.78, 5) is 22.0. The Morgan fingerprint density at radius 2 is 2.25 bits per heavy atom. The van der Waals surface area contributed by atoms with Crippen LogP contribution in [0.1, 0.15) is 0 Å². The molecule has 0 aliphatic heterocycles. The van der Waals surface area contributed by atoms with E-state index in [1.165, 1.54) is 6.29 Å². The lowest BCUT2D eigenvalue weighted by Crippen LogP contribution is -1.92. The molecule has 0 atom stereocenters. The van der Waals surface area contributed by atoms with E-state index in [0.717, 1.165) is 6.08 Å². The maximum Gasteiger partial charge on any atom is 0.369 e. The van der Waals surface area contributed by atoms with Gasteiger partial charge in [-0.15, -0.1) is 0 Å². The minimum atomic E-state index is -1.10. The van der Waals surface area contributed by atoms with Crippen LogP contribution < -0.4 is 0 Å². The van der Waals surface area contributed by atoms with Gasteiger partial charge in [0.15, 0.2) is 0 Å². The molecule has 0 spiro atoms. The Morgan fingerprint density at radius 3 is 2.62 bits per heavy atom. The summed E-state index contributed by atoms with van der Waals surface area (Å²) in [7, 11) is 0. The average Bonchev–Trinajstić information content (AvgIpc) is 1.83. The molecule has 0 rings (SSSR count). The van der Waals surface area contributed by atoms with Crippen LogP contribution in [0, 0.1) is 0 Å². The fourth-order valence-electron chi connectivity index (χ4n) is 0.130. The average molecular weight is 114 g/mol. The van der Waals surface area contributed by atoms with Crippen LogP contribution in [0.5, 0.6) is 0 Å². The Balaban J connectivity index is 3.52. The van der Waals surface area contributed by atoms with Crippen molar-refractivity contribution in [2.24, 2.45) is 0 Å². The second-order valence-electron chi connectivity index (χ2n) is 0.854. The molecule has 42 valence electrons. The molecule has 0 aromatic rings. The number of allylic oxidation sites excluding steroid dienone is 1. The van der Waals surface area contributed by atoms with E-state index in [1.54, 1.807) is 0 Å². The van der Waals surface area contributed by atoms with Gasteiger partial charge in [0, 0.05) is 11.3 Å². The number of carbonyl (C=O) groups is 1. The molecule has 0 aromatic heterocycles. The van der Waals surface area contributed by atoms with Crippen LogP contribution in [-0.2, 0) is 19.7 Å². The summed E-state index contributed by atoms with van der Waals surface area (Å²) in [5.41, 5.74) is 0. The zero-order chi connectivity index (χ0) is 6.41. The molecule has 0 saturated heterocycles. The Kier molecular flexibility index (Phi) is 3.43. The van der Waals surface area contributed by atoms with Gasteiger partial charge in [0.2, 0.25) is 6.29 Å². The molecule has 0 bridgehead atoms. The monoisotopic (exact) mass is 114 g/mol. The topological polar surface area (TPSA) is 63.3 Å². The van der Waals surface area contributed by atoms with Crippen LogP contribution in [0.15, 0.2) is 12.2 Å². The summed E-state index contributed by atoms with van der Waals surface area (Å²) >= 11 is 0. The third kappa shape index (κ3) is 3.05. The van der Waals surface area contributed by atoms with Gasteiger partial charge in [-0.25, -0.2) is 4.79 Å². The zero-order valence-corrected chi connectivity index (χ0v) is 3.79. The highest BCUT2D eigenvalue weighted by Crippen LogP contribution is 1.73. The predicted octanol–water partition coefficient (Wildman–Crippen LogP) is -0.459. The third-order valence-corrected chi connectivity index (χ3v) is 0.370. The lowest BCUT2D eigenvalue weighted by atomic mass is 10.5. The van der Waals surface area contributed by atoms with Crippen molar-refractivity contribution < 1.29 is 19.7 Å². The molecule has 0 aliphatic rings. The summed E-state index contributed by atoms with van der Waals surface area (Å²) < 4.78 is 0. The first-order chi connectivity index (χ1) is 3.81. The molecule has 2 radical (unpaired) electrons. The van der Waals surface area contributed by atoms with Crippen molar-refractivity contribution >= 4 is 12.3 Å². The Hall–Kier alpha value is -1.16. The van der Waals surface area contributed by atoms with Crippen LogP contribution in [0.25, 0.3) is 0 Å². The molecule has 4 nitrogen and oxygen atoms in total. The second-order valence-corrected chi connectivity index (χ2v) is 0.854. The van der Waals surface area contributed by atoms with Gasteiger partial charge >= 0.3 is 5.97 Å². The molecular weight excluding hydrogens is 112 g/mol. The first kappa shape index (κ1) is 6.84. The largest absolute Gasteiger partial charge is 0.369 e. The minimum Gasteiger partial charge on any atom is -0.286 e. The predicted molar refractivity (Wildman–Crippen MR) is 21.6 cm³/mol. The van der Waals surface area contributed by atoms with Gasteiger partial charge in [-0.2, -0.15) is 0 Å². The second kappa shape index (κ2) is 4.01. The smallest absolute Gasteiger partial charge is 0.286 e. The normalized spacial score (nSPS) is 9.12. The van der Waals surface area contributed by atoms with Gasteiger partial charge in [0.25, 0.3) is 0 Å². The summed E-state index contributed by atoms with van der Waals surface area (Å²) in [6.45, 7) is 0. The molecule has 8 heavy (non-hydrogen) atoms. The van der Waals surface area contributed by atoms with Crippen LogP contribution in [0.2, 0.25) is 0 Å². The standard InChI is InChI=1S/C4H2O4/c5-3-1-2-4(6)8-7/h1-2H/b2-1-. The lowest BCUT2D eigenvalue weighted by molar-refractivity contribution is -0.272. The van der Waals surface area contributed by atoms with E-state index < -0.39 is 5.97 Å². The van der Waals surface area contributed by atoms with Gasteiger partial charge in [-0.3, -0.25) is 9.68 Å². The molecule has 0 aliphatic carbocycles. The van der Waals surface area contributed by atoms with Crippen molar-refractivity contribution in [1.82, 2.24) is 0 Å². The fraction of sp³-hybridized carbons (Fsp3) is 0. The fourth-order valence-corrected chi connectivity index (χ4v) is 0.130. The maximum atomic E-state index is 9.77. The van der Waals surface area contributed by atoms with Gasteiger partial charge in [0.05, 0.1) is 0 Å². The van der Waals surface area contributed by atoms with E-state index in [4.69, 9.17) is 5.26 Å². The molecule has 0 aromatic carbocycles. The highest BCUT2D eigenvalue weighted by molar-refractivity contribution is 5.86. The molecule has 0 N–H and O–H groups in total. The SMILES string of the molecule is [O]OC(=O)/C=C\[C]=O. The summed E-state index contributed by atoms with van der Waals surface area (Å²) in [5.74, 6) is -1.10. The van der Waals surface area contributed by atoms with Crippen LogP contribution in [0.3, 0.4) is 0 Å². The number of carbonyl (C=O) groups excluding carboxylic acids is 2. The van der Waals surface area contributed by atoms with E-state index in [2.05, 4.69) is 4.89 Å². The maximum absolute atomic E-state index is 9.77. The van der Waals surface area contributed by atoms with E-state index in [9.17, 15) is 9.59 Å². The van der Waals surface area contributed by atoms with Crippen LogP contribution in [0.4, 0.5) is 0 Å². The first-order valence-electron chi connectivity index (χ1n) is 1.69. The van der Waals surface area contributed by atoms with Crippen molar-refractivity contribution in [2.75, 3.05) is 0 Å². The highest BCUT2D eigenvalue weighted by atomic mass is 17.1. The Bertz CT molecular complexity index is 115. The molecule has 0 amide bonds. The molecule has 0 saturated carbocycles. The molecular formula is C4H2O4. The van der Waals surface area contributed by atoms with E-state index in [-0.39, 0.29) is 0 Å². The lowest BCUT2D eigenvalue weighted by Gasteiger charge is -1.76. The van der Waals surface area contributed by atoms with Crippen molar-refractivity contribution in [3.8, 4) is 0 Å². The van der Waals surface area contributed by atoms with Gasteiger partial charge in [-0.05, 0) is 6.08 Å². The Labute approximate surface area is 45.3 Å². The number of rotatable bonds is 2. The highest BCUT2D eigenvalue weighted by Gasteiger charge is 1.90. The van der Waals surface area contributed by atoms with E-state index in [0.29, 0.717) is 6.08 Å². The zero-order valence-electron chi connectivity index (χ0n) is 3.79. The third-order valence-electron chi connectivity index (χ3n) is 0.370. The summed E-state index contributed by atoms with van der Waals surface area (Å²) in [6, 6.07) is 0. The van der Waals surface area contributed by atoms with E-state index >= 15 is 0 Å². The molecule has 4 heteroatoms. The van der Waals surface area contributed by atoms with Gasteiger partial charge in [0.1, 0.15) is 0 Å². The summed E-state index contributed by atoms with van der Waals surface area (Å²) in [6.07, 6.45) is 2.69. The van der Waals surface area contributed by atoms with Crippen molar-refractivity contribution in [2.45, 2.75) is 0 Å². The van der Waals surface area contributed by atoms with Crippen molar-refractivity contribution in [3.05, 3.63) is 12.2 Å². The van der Waals surface area contributed by atoms with Crippen molar-refractivity contribution in [3.63, 3.8) is 0 Å². The quantitative estimate of drug-likeness (QED) is 0.277. The van der Waals surface area contributed by atoms with Crippen LogP contribution in [-0.4, -0.2) is 12.3 Å². The molecule has 0 fully saturated rings. The van der Waals surface area contributed by atoms with Gasteiger partial charge in [-0.1, -0.05) is 0 Å². The molecule has 0 unspecified atom stereocenters. The molecule has 0 heterocycles. The van der Waals surface area contributed by atoms with Crippen molar-refractivity contribution in [1.29, 1.82) is 0 Å². The van der Waals surface area contributed by atoms with E-state index in [1.807, 2.05) is 0 Å². The number of hydrogen-bond acceptors (Lipinski definition) is 3. The first-order valence-corrected chi connectivity index (χ1v) is 1.69. The van der Waals surface area contributed by atoms with Crippen LogP contribution >= 0.6 is 0 Å². The Morgan fingerprint density at radius 1 is 1.62 bits per heavy atom. The summed E-state index contributed by atoms with van der Waals surface area (Å²) in [5, 5.41) is 9.11. The minimum absolute atomic E-state index is 0.681. The van der Waals surface area contributed by atoms with Gasteiger partial charge < -0.3 is 0 Å². The number of hydrogen-bond donors (Lipinski definition) is 0.